The average Bonchev–Trinajstić information content (AvgIpc) is 2.84. The lowest BCUT2D eigenvalue weighted by Crippen LogP contribution is -1.98. The monoisotopic (exact) mass is 580 g/mol. The maximum Gasteiger partial charge on any atom is 0.173 e. The molecule has 34 heavy (non-hydrogen) atoms. The summed E-state index contributed by atoms with van der Waals surface area (Å²) in [6, 6.07) is 23.3. The third-order valence-corrected chi connectivity index (χ3v) is 7.15. The first-order chi connectivity index (χ1) is 16.5. The number of hydrogen-bond donors (Lipinski definition) is 2. The van der Waals surface area contributed by atoms with Gasteiger partial charge in [0.2, 0.25) is 0 Å². The fraction of sp³-hybridized carbons (Fsp3) is 0.143. The number of benzene rings is 4. The van der Waals surface area contributed by atoms with Crippen molar-refractivity contribution in [3.63, 3.8) is 0 Å². The van der Waals surface area contributed by atoms with Gasteiger partial charge in [-0.15, -0.1) is 0 Å². The van der Waals surface area contributed by atoms with E-state index in [-0.39, 0.29) is 11.5 Å². The van der Waals surface area contributed by atoms with E-state index < -0.39 is 0 Å². The van der Waals surface area contributed by atoms with Crippen LogP contribution in [0.15, 0.2) is 81.7 Å². The van der Waals surface area contributed by atoms with Crippen molar-refractivity contribution in [2.24, 2.45) is 0 Å². The molecule has 0 saturated heterocycles. The molecule has 0 aliphatic carbocycles. The number of phenolic OH excluding ortho intramolecular Hbond substituents is 2. The quantitative estimate of drug-likeness (QED) is 0.220. The van der Waals surface area contributed by atoms with Crippen molar-refractivity contribution in [3.8, 4) is 34.5 Å². The van der Waals surface area contributed by atoms with E-state index >= 15 is 0 Å². The third-order valence-electron chi connectivity index (χ3n) is 5.91. The van der Waals surface area contributed by atoms with Gasteiger partial charge in [0, 0.05) is 0 Å². The highest BCUT2D eigenvalue weighted by Crippen LogP contribution is 2.41. The molecule has 0 unspecified atom stereocenters. The number of phenols is 2. The molecule has 4 nitrogen and oxygen atoms in total. The summed E-state index contributed by atoms with van der Waals surface area (Å²) in [5.74, 6) is 2.41. The second-order valence-electron chi connectivity index (χ2n) is 8.30. The maximum atomic E-state index is 10.7. The molecule has 6 heteroatoms. The van der Waals surface area contributed by atoms with Gasteiger partial charge in [0.25, 0.3) is 0 Å². The Kier molecular flexibility index (Phi) is 6.53. The van der Waals surface area contributed by atoms with E-state index in [4.69, 9.17) is 9.47 Å². The summed E-state index contributed by atoms with van der Waals surface area (Å²) in [7, 11) is 0. The van der Waals surface area contributed by atoms with Crippen LogP contribution in [0.25, 0.3) is 0 Å². The van der Waals surface area contributed by atoms with Crippen LogP contribution in [-0.4, -0.2) is 10.2 Å². The van der Waals surface area contributed by atoms with E-state index in [9.17, 15) is 10.2 Å². The second kappa shape index (κ2) is 9.72. The second-order valence-corrected chi connectivity index (χ2v) is 10.0. The number of fused-ring (bicyclic) bond motifs is 4. The lowest BCUT2D eigenvalue weighted by atomic mass is 10.0. The van der Waals surface area contributed by atoms with Gasteiger partial charge in [-0.05, 0) is 122 Å². The molecule has 4 aromatic carbocycles. The first-order valence-electron chi connectivity index (χ1n) is 11.0. The molecule has 0 spiro atoms. The molecule has 2 aliphatic rings. The summed E-state index contributed by atoms with van der Waals surface area (Å²) >= 11 is 6.86. The van der Waals surface area contributed by atoms with Crippen molar-refractivity contribution in [2.45, 2.75) is 25.7 Å². The Morgan fingerprint density at radius 3 is 2.18 bits per heavy atom. The smallest absolute Gasteiger partial charge is 0.173 e. The average molecular weight is 582 g/mol. The van der Waals surface area contributed by atoms with Crippen LogP contribution in [0.4, 0.5) is 0 Å². The summed E-state index contributed by atoms with van der Waals surface area (Å²) in [6.07, 6.45) is 3.00. The Balaban J connectivity index is 1.56. The molecule has 0 fully saturated rings. The lowest BCUT2D eigenvalue weighted by Gasteiger charge is -2.16. The molecule has 0 saturated carbocycles. The number of aromatic hydroxyl groups is 2. The van der Waals surface area contributed by atoms with E-state index in [0.717, 1.165) is 41.5 Å². The van der Waals surface area contributed by atoms with E-state index in [2.05, 4.69) is 37.9 Å². The minimum atomic E-state index is 0.0835. The van der Waals surface area contributed by atoms with Gasteiger partial charge < -0.3 is 19.7 Å². The summed E-state index contributed by atoms with van der Waals surface area (Å²) in [5, 5.41) is 21.2. The molecule has 4 aromatic rings. The number of ether oxygens (including phenoxy) is 2. The van der Waals surface area contributed by atoms with Crippen molar-refractivity contribution >= 4 is 31.9 Å². The van der Waals surface area contributed by atoms with Gasteiger partial charge in [-0.25, -0.2) is 0 Å². The van der Waals surface area contributed by atoms with Crippen molar-refractivity contribution in [2.75, 3.05) is 0 Å². The molecule has 6 bridgehead atoms. The Morgan fingerprint density at radius 1 is 0.588 bits per heavy atom. The van der Waals surface area contributed by atoms with Crippen LogP contribution in [-0.2, 0) is 25.7 Å². The van der Waals surface area contributed by atoms with E-state index in [1.807, 2.05) is 66.7 Å². The molecule has 0 aromatic heterocycles. The van der Waals surface area contributed by atoms with E-state index in [1.54, 1.807) is 0 Å². The van der Waals surface area contributed by atoms with Crippen LogP contribution in [0.1, 0.15) is 22.3 Å². The molecule has 0 atom stereocenters. The SMILES string of the molecule is Oc1c(Br)cc2cc1Oc1ccc(cc1)CCc1ccc(Br)c(O)c1Oc1cccc(c1)CC2. The predicted molar refractivity (Wildman–Crippen MR) is 139 cm³/mol. The standard InChI is InChI=1S/C28H22Br2O4/c29-23-13-10-20-9-6-17-7-11-21(12-8-17)33-25-16-19(15-24(30)26(25)31)5-4-18-2-1-3-22(14-18)34-28(20)27(23)32/h1-3,7-8,10-16,31-32H,4-6,9H2. The summed E-state index contributed by atoms with van der Waals surface area (Å²) < 4.78 is 13.4. The van der Waals surface area contributed by atoms with Crippen molar-refractivity contribution in [3.05, 3.63) is 104 Å². The molecular formula is C28H22Br2O4. The largest absolute Gasteiger partial charge is 0.503 e. The molecule has 2 heterocycles. The molecule has 172 valence electrons. The number of aryl methyl sites for hydroxylation is 4. The molecule has 2 aliphatic heterocycles. The van der Waals surface area contributed by atoms with Crippen LogP contribution in [0, 0.1) is 0 Å². The first kappa shape index (κ1) is 22.8. The summed E-state index contributed by atoms with van der Waals surface area (Å²) in [5.41, 5.74) is 4.20. The van der Waals surface area contributed by atoms with Gasteiger partial charge in [-0.3, -0.25) is 0 Å². The van der Waals surface area contributed by atoms with Crippen LogP contribution in [0.5, 0.6) is 34.5 Å². The molecular weight excluding hydrogens is 560 g/mol. The number of halogens is 2. The number of rotatable bonds is 0. The fourth-order valence-corrected chi connectivity index (χ4v) is 4.85. The highest BCUT2D eigenvalue weighted by molar-refractivity contribution is 9.10. The van der Waals surface area contributed by atoms with Crippen LogP contribution in [0.3, 0.4) is 0 Å². The highest BCUT2D eigenvalue weighted by Gasteiger charge is 2.16. The molecule has 2 N–H and O–H groups in total. The fourth-order valence-electron chi connectivity index (χ4n) is 4.05. The van der Waals surface area contributed by atoms with Crippen molar-refractivity contribution in [1.29, 1.82) is 0 Å². The third kappa shape index (κ3) is 4.93. The van der Waals surface area contributed by atoms with E-state index in [1.165, 1.54) is 0 Å². The topological polar surface area (TPSA) is 58.9 Å². The van der Waals surface area contributed by atoms with Crippen LogP contribution >= 0.6 is 31.9 Å². The van der Waals surface area contributed by atoms with Gasteiger partial charge in [0.1, 0.15) is 11.5 Å². The normalized spacial score (nSPS) is 13.2. The Morgan fingerprint density at radius 2 is 1.35 bits per heavy atom. The van der Waals surface area contributed by atoms with Crippen LogP contribution in [0.2, 0.25) is 0 Å². The predicted octanol–water partition coefficient (Wildman–Crippen LogP) is 8.09. The Hall–Kier alpha value is -2.96. The van der Waals surface area contributed by atoms with Gasteiger partial charge in [-0.1, -0.05) is 30.3 Å². The van der Waals surface area contributed by atoms with Gasteiger partial charge in [0.15, 0.2) is 23.0 Å². The maximum absolute atomic E-state index is 10.7. The molecule has 0 amide bonds. The van der Waals surface area contributed by atoms with Gasteiger partial charge >= 0.3 is 0 Å². The minimum Gasteiger partial charge on any atom is -0.503 e. The lowest BCUT2D eigenvalue weighted by molar-refractivity contribution is 0.404. The zero-order chi connectivity index (χ0) is 23.7. The molecule has 6 rings (SSSR count). The number of hydrogen-bond acceptors (Lipinski definition) is 4. The summed E-state index contributed by atoms with van der Waals surface area (Å²) in [4.78, 5) is 0. The Bertz CT molecular complexity index is 1350. The van der Waals surface area contributed by atoms with Crippen molar-refractivity contribution < 1.29 is 19.7 Å². The minimum absolute atomic E-state index is 0.0835. The zero-order valence-electron chi connectivity index (χ0n) is 18.2. The van der Waals surface area contributed by atoms with Crippen molar-refractivity contribution in [1.82, 2.24) is 0 Å². The summed E-state index contributed by atoms with van der Waals surface area (Å²) in [6.45, 7) is 0. The zero-order valence-corrected chi connectivity index (χ0v) is 21.4. The van der Waals surface area contributed by atoms with Gasteiger partial charge in [-0.2, -0.15) is 0 Å². The Labute approximate surface area is 215 Å². The first-order valence-corrected chi connectivity index (χ1v) is 12.6. The van der Waals surface area contributed by atoms with Crippen LogP contribution < -0.4 is 9.47 Å². The molecule has 0 radical (unpaired) electrons. The van der Waals surface area contributed by atoms with E-state index in [0.29, 0.717) is 38.4 Å². The highest BCUT2D eigenvalue weighted by atomic mass is 79.9. The van der Waals surface area contributed by atoms with Gasteiger partial charge in [0.05, 0.1) is 8.95 Å².